The fraction of sp³-hybridized carbons (Fsp3) is 0.286. The van der Waals surface area contributed by atoms with Gasteiger partial charge >= 0.3 is 0 Å². The molecule has 2 aromatic rings. The van der Waals surface area contributed by atoms with Gasteiger partial charge in [-0.25, -0.2) is 0 Å². The minimum atomic E-state index is -0.0209. The van der Waals surface area contributed by atoms with Gasteiger partial charge in [-0.1, -0.05) is 38.1 Å². The minimum absolute atomic E-state index is 0.0209. The highest BCUT2D eigenvalue weighted by Crippen LogP contribution is 2.30. The molecule has 1 atom stereocenters. The topological polar surface area (TPSA) is 0 Å². The summed E-state index contributed by atoms with van der Waals surface area (Å²) >= 11 is 8.10. The van der Waals surface area contributed by atoms with Crippen LogP contribution in [0.15, 0.2) is 41.1 Å². The fourth-order valence-electron chi connectivity index (χ4n) is 1.66. The van der Waals surface area contributed by atoms with E-state index in [-0.39, 0.29) is 5.38 Å². The molecule has 0 spiro atoms. The Kier molecular flexibility index (Phi) is 3.67. The van der Waals surface area contributed by atoms with Crippen molar-refractivity contribution in [2.24, 2.45) is 0 Å². The van der Waals surface area contributed by atoms with Gasteiger partial charge in [0, 0.05) is 0 Å². The molecular formula is C14H15ClS. The first kappa shape index (κ1) is 11.7. The van der Waals surface area contributed by atoms with Crippen LogP contribution in [0.4, 0.5) is 0 Å². The second-order valence-electron chi connectivity index (χ2n) is 4.24. The number of hydrogen-bond donors (Lipinski definition) is 0. The molecule has 1 aromatic carbocycles. The Bertz CT molecular complexity index is 428. The molecule has 0 saturated carbocycles. The molecule has 0 radical (unpaired) electrons. The summed E-state index contributed by atoms with van der Waals surface area (Å²) in [5, 5.41) is 4.15. The monoisotopic (exact) mass is 250 g/mol. The van der Waals surface area contributed by atoms with Crippen molar-refractivity contribution < 1.29 is 0 Å². The maximum absolute atomic E-state index is 6.41. The summed E-state index contributed by atoms with van der Waals surface area (Å²) in [6.07, 6.45) is 0. The van der Waals surface area contributed by atoms with Gasteiger partial charge in [0.25, 0.3) is 0 Å². The molecule has 0 aliphatic carbocycles. The first-order valence-electron chi connectivity index (χ1n) is 5.44. The van der Waals surface area contributed by atoms with Gasteiger partial charge in [-0.2, -0.15) is 11.3 Å². The van der Waals surface area contributed by atoms with Crippen molar-refractivity contribution in [3.8, 4) is 0 Å². The van der Waals surface area contributed by atoms with Gasteiger partial charge in [0.05, 0.1) is 5.38 Å². The summed E-state index contributed by atoms with van der Waals surface area (Å²) in [5.41, 5.74) is 3.71. The highest BCUT2D eigenvalue weighted by Gasteiger charge is 2.11. The summed E-state index contributed by atoms with van der Waals surface area (Å²) in [7, 11) is 0. The van der Waals surface area contributed by atoms with Gasteiger partial charge < -0.3 is 0 Å². The predicted molar refractivity (Wildman–Crippen MR) is 72.5 cm³/mol. The maximum Gasteiger partial charge on any atom is 0.0843 e. The van der Waals surface area contributed by atoms with Crippen molar-refractivity contribution in [3.63, 3.8) is 0 Å². The van der Waals surface area contributed by atoms with Gasteiger partial charge in [0.2, 0.25) is 0 Å². The number of halogens is 1. The van der Waals surface area contributed by atoms with E-state index in [1.807, 2.05) is 0 Å². The lowest BCUT2D eigenvalue weighted by Crippen LogP contribution is -1.93. The van der Waals surface area contributed by atoms with E-state index in [1.165, 1.54) is 16.7 Å². The number of rotatable bonds is 3. The number of alkyl halides is 1. The van der Waals surface area contributed by atoms with E-state index in [0.29, 0.717) is 5.92 Å². The van der Waals surface area contributed by atoms with Crippen molar-refractivity contribution in [2.45, 2.75) is 25.1 Å². The standard InChI is InChI=1S/C14H15ClS/c1-10(2)11-3-5-12(6-4-11)14(15)13-7-8-16-9-13/h3-10,14H,1-2H3. The van der Waals surface area contributed by atoms with Crippen molar-refractivity contribution in [2.75, 3.05) is 0 Å². The van der Waals surface area contributed by atoms with Gasteiger partial charge in [-0.3, -0.25) is 0 Å². The van der Waals surface area contributed by atoms with Crippen LogP contribution in [-0.4, -0.2) is 0 Å². The van der Waals surface area contributed by atoms with Crippen LogP contribution in [0.2, 0.25) is 0 Å². The van der Waals surface area contributed by atoms with E-state index in [1.54, 1.807) is 11.3 Å². The summed E-state index contributed by atoms with van der Waals surface area (Å²) in [6, 6.07) is 10.7. The molecule has 0 fully saturated rings. The molecule has 0 saturated heterocycles. The Balaban J connectivity index is 2.22. The molecule has 0 bridgehead atoms. The number of thiophene rings is 1. The van der Waals surface area contributed by atoms with Crippen LogP contribution in [-0.2, 0) is 0 Å². The van der Waals surface area contributed by atoms with Gasteiger partial charge in [-0.15, -0.1) is 11.6 Å². The second kappa shape index (κ2) is 5.03. The summed E-state index contributed by atoms with van der Waals surface area (Å²) in [4.78, 5) is 0. The van der Waals surface area contributed by atoms with Crippen LogP contribution < -0.4 is 0 Å². The summed E-state index contributed by atoms with van der Waals surface area (Å²) < 4.78 is 0. The quantitative estimate of drug-likeness (QED) is 0.657. The summed E-state index contributed by atoms with van der Waals surface area (Å²) in [5.74, 6) is 0.573. The number of benzene rings is 1. The molecule has 16 heavy (non-hydrogen) atoms. The lowest BCUT2D eigenvalue weighted by Gasteiger charge is -2.10. The molecule has 84 valence electrons. The van der Waals surface area contributed by atoms with E-state index in [9.17, 15) is 0 Å². The van der Waals surface area contributed by atoms with E-state index in [2.05, 4.69) is 54.9 Å². The first-order chi connectivity index (χ1) is 7.68. The molecule has 0 aliphatic rings. The highest BCUT2D eigenvalue weighted by atomic mass is 35.5. The third-order valence-corrected chi connectivity index (χ3v) is 3.94. The largest absolute Gasteiger partial charge is 0.152 e. The fourth-order valence-corrected chi connectivity index (χ4v) is 2.70. The predicted octanol–water partition coefficient (Wildman–Crippen LogP) is 5.20. The Morgan fingerprint density at radius 3 is 2.06 bits per heavy atom. The molecule has 0 aliphatic heterocycles. The molecule has 0 nitrogen and oxygen atoms in total. The Hall–Kier alpha value is -0.790. The Morgan fingerprint density at radius 1 is 0.938 bits per heavy atom. The smallest absolute Gasteiger partial charge is 0.0843 e. The van der Waals surface area contributed by atoms with E-state index in [0.717, 1.165) is 0 Å². The van der Waals surface area contributed by atoms with Crippen LogP contribution in [0.5, 0.6) is 0 Å². The average Bonchev–Trinajstić information content (AvgIpc) is 2.81. The average molecular weight is 251 g/mol. The van der Waals surface area contributed by atoms with Crippen molar-refractivity contribution >= 4 is 22.9 Å². The Labute approximate surface area is 106 Å². The zero-order chi connectivity index (χ0) is 11.5. The molecule has 2 rings (SSSR count). The van der Waals surface area contributed by atoms with Crippen LogP contribution >= 0.6 is 22.9 Å². The second-order valence-corrected chi connectivity index (χ2v) is 5.46. The van der Waals surface area contributed by atoms with E-state index < -0.39 is 0 Å². The van der Waals surface area contributed by atoms with Crippen molar-refractivity contribution in [1.29, 1.82) is 0 Å². The van der Waals surface area contributed by atoms with Crippen LogP contribution in [0, 0.1) is 0 Å². The minimum Gasteiger partial charge on any atom is -0.152 e. The molecule has 1 unspecified atom stereocenters. The van der Waals surface area contributed by atoms with Crippen LogP contribution in [0.3, 0.4) is 0 Å². The molecular weight excluding hydrogens is 236 g/mol. The Morgan fingerprint density at radius 2 is 1.56 bits per heavy atom. The van der Waals surface area contributed by atoms with E-state index in [4.69, 9.17) is 11.6 Å². The SMILES string of the molecule is CC(C)c1ccc(C(Cl)c2ccsc2)cc1. The zero-order valence-corrected chi connectivity index (χ0v) is 11.1. The summed E-state index contributed by atoms with van der Waals surface area (Å²) in [6.45, 7) is 4.40. The molecule has 1 heterocycles. The normalized spacial score (nSPS) is 13.0. The van der Waals surface area contributed by atoms with Crippen LogP contribution in [0.25, 0.3) is 0 Å². The van der Waals surface area contributed by atoms with E-state index >= 15 is 0 Å². The lowest BCUT2D eigenvalue weighted by molar-refractivity contribution is 0.865. The molecule has 0 amide bonds. The molecule has 1 aromatic heterocycles. The number of hydrogen-bond acceptors (Lipinski definition) is 1. The van der Waals surface area contributed by atoms with Gasteiger partial charge in [-0.05, 0) is 39.4 Å². The van der Waals surface area contributed by atoms with Gasteiger partial charge in [0.15, 0.2) is 0 Å². The maximum atomic E-state index is 6.41. The van der Waals surface area contributed by atoms with Gasteiger partial charge in [0.1, 0.15) is 0 Å². The van der Waals surface area contributed by atoms with Crippen molar-refractivity contribution in [1.82, 2.24) is 0 Å². The molecule has 2 heteroatoms. The van der Waals surface area contributed by atoms with Crippen molar-refractivity contribution in [3.05, 3.63) is 57.8 Å². The van der Waals surface area contributed by atoms with Crippen LogP contribution in [0.1, 0.15) is 41.8 Å². The third kappa shape index (κ3) is 2.47. The highest BCUT2D eigenvalue weighted by molar-refractivity contribution is 7.08. The lowest BCUT2D eigenvalue weighted by atomic mass is 9.99. The third-order valence-electron chi connectivity index (χ3n) is 2.73. The first-order valence-corrected chi connectivity index (χ1v) is 6.82. The zero-order valence-electron chi connectivity index (χ0n) is 9.48. The molecule has 0 N–H and O–H groups in total.